The maximum absolute atomic E-state index is 12.4. The van der Waals surface area contributed by atoms with Crippen LogP contribution in [-0.4, -0.2) is 4.98 Å². The average molecular weight is 152 g/mol. The molecule has 0 atom stereocenters. The molecule has 0 spiro atoms. The number of rotatable bonds is 1. The van der Waals surface area contributed by atoms with Gasteiger partial charge in [0.1, 0.15) is 0 Å². The fourth-order valence-electron chi connectivity index (χ4n) is 0.691. The molecule has 0 aliphatic heterocycles. The summed E-state index contributed by atoms with van der Waals surface area (Å²) in [5.41, 5.74) is -0.281. The standard InChI is InChI=1S/C7H5FN2O/c8-6-3-5(1-2-9)4-10-7(6)11/h3-4H,1H2,(H,10,11). The normalized spacial score (nSPS) is 9.09. The van der Waals surface area contributed by atoms with E-state index in [4.69, 9.17) is 5.26 Å². The van der Waals surface area contributed by atoms with E-state index in [0.717, 1.165) is 6.07 Å². The van der Waals surface area contributed by atoms with E-state index < -0.39 is 11.4 Å². The van der Waals surface area contributed by atoms with Gasteiger partial charge in [0.15, 0.2) is 5.82 Å². The molecule has 0 unspecified atom stereocenters. The highest BCUT2D eigenvalue weighted by Crippen LogP contribution is 1.96. The van der Waals surface area contributed by atoms with E-state index >= 15 is 0 Å². The van der Waals surface area contributed by atoms with Gasteiger partial charge in [-0.25, -0.2) is 4.39 Å². The Morgan fingerprint density at radius 3 is 3.00 bits per heavy atom. The Labute approximate surface area is 62.1 Å². The molecular formula is C7H5FN2O. The second-order valence-corrected chi connectivity index (χ2v) is 2.02. The number of halogens is 1. The van der Waals surface area contributed by atoms with Crippen molar-refractivity contribution in [3.05, 3.63) is 34.0 Å². The molecule has 0 saturated heterocycles. The number of nitrogens with one attached hydrogen (secondary N) is 1. The van der Waals surface area contributed by atoms with Crippen LogP contribution in [0.5, 0.6) is 0 Å². The van der Waals surface area contributed by atoms with E-state index in [9.17, 15) is 9.18 Å². The molecule has 11 heavy (non-hydrogen) atoms. The van der Waals surface area contributed by atoms with Crippen LogP contribution in [0.25, 0.3) is 0 Å². The number of pyridine rings is 1. The van der Waals surface area contributed by atoms with Crippen LogP contribution in [-0.2, 0) is 6.42 Å². The highest BCUT2D eigenvalue weighted by molar-refractivity contribution is 5.14. The lowest BCUT2D eigenvalue weighted by atomic mass is 10.2. The molecule has 1 rings (SSSR count). The van der Waals surface area contributed by atoms with Crippen molar-refractivity contribution in [3.8, 4) is 6.07 Å². The number of hydrogen-bond acceptors (Lipinski definition) is 2. The summed E-state index contributed by atoms with van der Waals surface area (Å²) in [6, 6.07) is 2.90. The first-order valence-electron chi connectivity index (χ1n) is 2.98. The molecular weight excluding hydrogens is 147 g/mol. The molecule has 1 aromatic rings. The number of aromatic nitrogens is 1. The second kappa shape index (κ2) is 2.97. The molecule has 1 aromatic heterocycles. The summed E-state index contributed by atoms with van der Waals surface area (Å²) in [5.74, 6) is -0.849. The van der Waals surface area contributed by atoms with E-state index in [0.29, 0.717) is 5.56 Å². The summed E-state index contributed by atoms with van der Waals surface area (Å²) in [6.45, 7) is 0. The summed E-state index contributed by atoms with van der Waals surface area (Å²) in [5, 5.41) is 8.22. The Balaban J connectivity index is 3.07. The van der Waals surface area contributed by atoms with Crippen LogP contribution in [0.4, 0.5) is 4.39 Å². The molecule has 56 valence electrons. The van der Waals surface area contributed by atoms with E-state index in [1.807, 2.05) is 6.07 Å². The maximum Gasteiger partial charge on any atom is 0.283 e. The van der Waals surface area contributed by atoms with Gasteiger partial charge in [0, 0.05) is 6.20 Å². The van der Waals surface area contributed by atoms with E-state index in [2.05, 4.69) is 4.98 Å². The maximum atomic E-state index is 12.4. The lowest BCUT2D eigenvalue weighted by molar-refractivity contribution is 0.606. The molecule has 0 radical (unpaired) electrons. The minimum atomic E-state index is -0.849. The van der Waals surface area contributed by atoms with Crippen molar-refractivity contribution >= 4 is 0 Å². The number of nitrogens with zero attached hydrogens (tertiary/aromatic N) is 1. The molecule has 1 N–H and O–H groups in total. The predicted octanol–water partition coefficient (Wildman–Crippen LogP) is 0.580. The number of nitriles is 1. The lowest BCUT2D eigenvalue weighted by Crippen LogP contribution is -2.09. The second-order valence-electron chi connectivity index (χ2n) is 2.02. The van der Waals surface area contributed by atoms with Gasteiger partial charge in [-0.15, -0.1) is 0 Å². The largest absolute Gasteiger partial charge is 0.326 e. The van der Waals surface area contributed by atoms with Crippen molar-refractivity contribution in [2.45, 2.75) is 6.42 Å². The Hall–Kier alpha value is -1.63. The van der Waals surface area contributed by atoms with Gasteiger partial charge in [0.2, 0.25) is 0 Å². The summed E-state index contributed by atoms with van der Waals surface area (Å²) >= 11 is 0. The van der Waals surface area contributed by atoms with Gasteiger partial charge in [-0.1, -0.05) is 0 Å². The van der Waals surface area contributed by atoms with Crippen molar-refractivity contribution < 1.29 is 4.39 Å². The Kier molecular flexibility index (Phi) is 2.02. The minimum absolute atomic E-state index is 0.105. The monoisotopic (exact) mass is 152 g/mol. The van der Waals surface area contributed by atoms with Crippen LogP contribution in [0, 0.1) is 17.1 Å². The SMILES string of the molecule is N#CCc1c[nH]c(=O)c(F)c1. The van der Waals surface area contributed by atoms with Crippen LogP contribution < -0.4 is 5.56 Å². The molecule has 4 heteroatoms. The van der Waals surface area contributed by atoms with Gasteiger partial charge < -0.3 is 4.98 Å². The van der Waals surface area contributed by atoms with Crippen molar-refractivity contribution in [2.24, 2.45) is 0 Å². The van der Waals surface area contributed by atoms with Gasteiger partial charge >= 0.3 is 0 Å². The Morgan fingerprint density at radius 1 is 1.73 bits per heavy atom. The Morgan fingerprint density at radius 2 is 2.45 bits per heavy atom. The van der Waals surface area contributed by atoms with E-state index in [-0.39, 0.29) is 6.42 Å². The van der Waals surface area contributed by atoms with Crippen molar-refractivity contribution in [1.82, 2.24) is 4.98 Å². The van der Waals surface area contributed by atoms with Crippen LogP contribution >= 0.6 is 0 Å². The van der Waals surface area contributed by atoms with E-state index in [1.54, 1.807) is 0 Å². The summed E-state index contributed by atoms with van der Waals surface area (Å²) in [6.07, 6.45) is 1.43. The van der Waals surface area contributed by atoms with Crippen molar-refractivity contribution in [1.29, 1.82) is 5.26 Å². The van der Waals surface area contributed by atoms with Gasteiger partial charge in [-0.05, 0) is 11.6 Å². The van der Waals surface area contributed by atoms with E-state index in [1.165, 1.54) is 6.20 Å². The van der Waals surface area contributed by atoms with Gasteiger partial charge in [-0.3, -0.25) is 4.79 Å². The fourth-order valence-corrected chi connectivity index (χ4v) is 0.691. The topological polar surface area (TPSA) is 56.6 Å². The molecule has 0 aliphatic rings. The molecule has 0 fully saturated rings. The predicted molar refractivity (Wildman–Crippen MR) is 36.3 cm³/mol. The molecule has 0 aliphatic carbocycles. The summed E-state index contributed by atoms with van der Waals surface area (Å²) < 4.78 is 12.4. The number of H-pyrrole nitrogens is 1. The summed E-state index contributed by atoms with van der Waals surface area (Å²) in [7, 11) is 0. The molecule has 1 heterocycles. The smallest absolute Gasteiger partial charge is 0.283 e. The van der Waals surface area contributed by atoms with Crippen LogP contribution in [0.1, 0.15) is 5.56 Å². The molecule has 0 saturated carbocycles. The lowest BCUT2D eigenvalue weighted by Gasteiger charge is -1.91. The molecule has 3 nitrogen and oxygen atoms in total. The van der Waals surface area contributed by atoms with Gasteiger partial charge in [0.25, 0.3) is 5.56 Å². The highest BCUT2D eigenvalue weighted by Gasteiger charge is 1.98. The number of aromatic amines is 1. The zero-order valence-electron chi connectivity index (χ0n) is 5.60. The first-order valence-corrected chi connectivity index (χ1v) is 2.98. The third-order valence-electron chi connectivity index (χ3n) is 1.20. The first kappa shape index (κ1) is 7.48. The molecule has 0 bridgehead atoms. The Bertz CT molecular complexity index is 350. The molecule has 0 amide bonds. The third kappa shape index (κ3) is 1.64. The van der Waals surface area contributed by atoms with Crippen molar-refractivity contribution in [2.75, 3.05) is 0 Å². The quantitative estimate of drug-likeness (QED) is 0.639. The summed E-state index contributed by atoms with van der Waals surface area (Å²) in [4.78, 5) is 12.6. The van der Waals surface area contributed by atoms with Crippen molar-refractivity contribution in [3.63, 3.8) is 0 Å². The highest BCUT2D eigenvalue weighted by atomic mass is 19.1. The van der Waals surface area contributed by atoms with Crippen LogP contribution in [0.3, 0.4) is 0 Å². The fraction of sp³-hybridized carbons (Fsp3) is 0.143. The first-order chi connectivity index (χ1) is 5.24. The van der Waals surface area contributed by atoms with Crippen LogP contribution in [0.15, 0.2) is 17.1 Å². The van der Waals surface area contributed by atoms with Gasteiger partial charge in [-0.2, -0.15) is 5.26 Å². The van der Waals surface area contributed by atoms with Gasteiger partial charge in [0.05, 0.1) is 12.5 Å². The minimum Gasteiger partial charge on any atom is -0.326 e. The number of hydrogen-bond donors (Lipinski definition) is 1. The zero-order chi connectivity index (χ0) is 8.27. The third-order valence-corrected chi connectivity index (χ3v) is 1.20. The zero-order valence-corrected chi connectivity index (χ0v) is 5.60. The van der Waals surface area contributed by atoms with Crippen LogP contribution in [0.2, 0.25) is 0 Å². The average Bonchev–Trinajstić information content (AvgIpc) is 1.98. The molecule has 0 aromatic carbocycles.